The molecule has 0 aliphatic heterocycles. The molecule has 1 N–H and O–H groups in total. The highest BCUT2D eigenvalue weighted by atomic mass is 32.1. The lowest BCUT2D eigenvalue weighted by atomic mass is 9.78. The molecule has 2 rings (SSSR count). The number of aryl methyl sites for hydroxylation is 1. The first-order valence-corrected chi connectivity index (χ1v) is 8.17. The van der Waals surface area contributed by atoms with Crippen LogP contribution in [0.2, 0.25) is 0 Å². The number of hydrogen-bond donors (Lipinski definition) is 1. The highest BCUT2D eigenvalue weighted by Crippen LogP contribution is 2.41. The van der Waals surface area contributed by atoms with Gasteiger partial charge in [-0.25, -0.2) is 4.98 Å². The van der Waals surface area contributed by atoms with Gasteiger partial charge in [-0.05, 0) is 45.4 Å². The summed E-state index contributed by atoms with van der Waals surface area (Å²) >= 11 is 5.44. The van der Waals surface area contributed by atoms with E-state index in [1.54, 1.807) is 0 Å². The van der Waals surface area contributed by atoms with Gasteiger partial charge in [0.05, 0.1) is 0 Å². The first kappa shape index (κ1) is 15.6. The molecule has 0 aromatic carbocycles. The molecule has 20 heavy (non-hydrogen) atoms. The number of ether oxygens (including phenoxy) is 1. The van der Waals surface area contributed by atoms with Crippen molar-refractivity contribution in [3.05, 3.63) is 21.7 Å². The maximum Gasteiger partial charge on any atom is 0.140 e. The lowest BCUT2D eigenvalue weighted by molar-refractivity contribution is -0.0883. The molecule has 0 radical (unpaired) electrons. The number of hydrogen-bond acceptors (Lipinski definition) is 3. The molecule has 2 unspecified atom stereocenters. The molecule has 112 valence electrons. The van der Waals surface area contributed by atoms with Gasteiger partial charge in [0.15, 0.2) is 0 Å². The predicted octanol–water partition coefficient (Wildman–Crippen LogP) is 4.45. The Labute approximate surface area is 127 Å². The highest BCUT2D eigenvalue weighted by Gasteiger charge is 2.39. The molecule has 2 atom stereocenters. The van der Waals surface area contributed by atoms with Crippen molar-refractivity contribution in [3.63, 3.8) is 0 Å². The van der Waals surface area contributed by atoms with Crippen molar-refractivity contribution in [1.82, 2.24) is 9.97 Å². The van der Waals surface area contributed by atoms with Crippen molar-refractivity contribution in [3.8, 4) is 0 Å². The summed E-state index contributed by atoms with van der Waals surface area (Å²) < 4.78 is 6.90. The molecule has 1 fully saturated rings. The number of rotatable bonds is 4. The van der Waals surface area contributed by atoms with E-state index < -0.39 is 0 Å². The van der Waals surface area contributed by atoms with Crippen LogP contribution >= 0.6 is 12.2 Å². The van der Waals surface area contributed by atoms with E-state index in [4.69, 9.17) is 17.0 Å². The van der Waals surface area contributed by atoms with E-state index in [2.05, 4.69) is 30.7 Å². The number of nitrogens with zero attached hydrogens (tertiary/aromatic N) is 1. The zero-order chi connectivity index (χ0) is 14.8. The molecule has 1 aliphatic carbocycles. The monoisotopic (exact) mass is 294 g/mol. The minimum Gasteiger partial charge on any atom is -0.367 e. The molecule has 1 aliphatic rings. The van der Waals surface area contributed by atoms with Crippen LogP contribution in [-0.4, -0.2) is 16.6 Å². The Balaban J connectivity index is 2.49. The molecular weight excluding hydrogens is 268 g/mol. The topological polar surface area (TPSA) is 37.9 Å². The molecule has 1 heterocycles. The molecule has 4 heteroatoms. The number of H-pyrrole nitrogens is 1. The van der Waals surface area contributed by atoms with Crippen molar-refractivity contribution in [1.29, 1.82) is 0 Å². The van der Waals surface area contributed by atoms with Gasteiger partial charge in [-0.2, -0.15) is 0 Å². The second kappa shape index (κ2) is 6.35. The van der Waals surface area contributed by atoms with Crippen molar-refractivity contribution in [2.75, 3.05) is 6.61 Å². The zero-order valence-electron chi connectivity index (χ0n) is 13.1. The summed E-state index contributed by atoms with van der Waals surface area (Å²) in [5.41, 5.74) is 2.02. The van der Waals surface area contributed by atoms with Gasteiger partial charge in [0.25, 0.3) is 0 Å². The average Bonchev–Trinajstić information content (AvgIpc) is 2.42. The van der Waals surface area contributed by atoms with E-state index in [-0.39, 0.29) is 5.60 Å². The molecule has 0 bridgehead atoms. The van der Waals surface area contributed by atoms with E-state index in [0.29, 0.717) is 17.2 Å². The number of aromatic amines is 1. The molecule has 0 amide bonds. The Kier molecular flexibility index (Phi) is 4.97. The number of aromatic nitrogens is 2. The predicted molar refractivity (Wildman–Crippen MR) is 84.5 cm³/mol. The lowest BCUT2D eigenvalue weighted by Crippen LogP contribution is -2.37. The van der Waals surface area contributed by atoms with Crippen LogP contribution in [0.4, 0.5) is 0 Å². The van der Waals surface area contributed by atoms with E-state index in [9.17, 15) is 0 Å². The SMILES string of the molecule is CCOC1(c2nc(=S)c(C)c(CC)[nH]2)CCCC(C)C1. The third-order valence-electron chi connectivity index (χ3n) is 4.42. The third-order valence-corrected chi connectivity index (χ3v) is 4.82. The summed E-state index contributed by atoms with van der Waals surface area (Å²) in [5.74, 6) is 1.61. The third kappa shape index (κ3) is 2.96. The van der Waals surface area contributed by atoms with Crippen molar-refractivity contribution in [2.45, 2.75) is 65.4 Å². The van der Waals surface area contributed by atoms with E-state index in [1.807, 2.05) is 6.92 Å². The summed E-state index contributed by atoms with van der Waals surface area (Å²) in [7, 11) is 0. The Hall–Kier alpha value is -0.740. The van der Waals surface area contributed by atoms with Gasteiger partial charge in [0.2, 0.25) is 0 Å². The smallest absolute Gasteiger partial charge is 0.140 e. The fourth-order valence-corrected chi connectivity index (χ4v) is 3.56. The van der Waals surface area contributed by atoms with E-state index in [0.717, 1.165) is 30.7 Å². The van der Waals surface area contributed by atoms with Crippen LogP contribution in [0.5, 0.6) is 0 Å². The first-order valence-electron chi connectivity index (χ1n) is 7.76. The van der Waals surface area contributed by atoms with E-state index >= 15 is 0 Å². The summed E-state index contributed by atoms with van der Waals surface area (Å²) in [6.07, 6.45) is 5.49. The van der Waals surface area contributed by atoms with Gasteiger partial charge in [-0.15, -0.1) is 0 Å². The fraction of sp³-hybridized carbons (Fsp3) is 0.750. The van der Waals surface area contributed by atoms with Crippen LogP contribution in [0, 0.1) is 17.5 Å². The molecule has 1 aromatic rings. The first-order chi connectivity index (χ1) is 9.52. The summed E-state index contributed by atoms with van der Waals surface area (Å²) in [5, 5.41) is 0. The lowest BCUT2D eigenvalue weighted by Gasteiger charge is -2.39. The molecule has 3 nitrogen and oxygen atoms in total. The van der Waals surface area contributed by atoms with Crippen LogP contribution < -0.4 is 0 Å². The summed E-state index contributed by atoms with van der Waals surface area (Å²) in [4.78, 5) is 8.18. The van der Waals surface area contributed by atoms with Gasteiger partial charge >= 0.3 is 0 Å². The Bertz CT molecular complexity index is 522. The molecule has 0 saturated heterocycles. The second-order valence-electron chi connectivity index (χ2n) is 5.98. The summed E-state index contributed by atoms with van der Waals surface area (Å²) in [6.45, 7) is 9.27. The van der Waals surface area contributed by atoms with Crippen molar-refractivity contribution >= 4 is 12.2 Å². The average molecular weight is 294 g/mol. The van der Waals surface area contributed by atoms with Crippen LogP contribution in [0.3, 0.4) is 0 Å². The molecule has 1 aromatic heterocycles. The maximum atomic E-state index is 6.18. The van der Waals surface area contributed by atoms with Crippen LogP contribution in [0.25, 0.3) is 0 Å². The number of nitrogens with one attached hydrogen (secondary N) is 1. The maximum absolute atomic E-state index is 6.18. The van der Waals surface area contributed by atoms with Gasteiger partial charge in [-0.1, -0.05) is 32.5 Å². The van der Waals surface area contributed by atoms with Gasteiger partial charge in [0, 0.05) is 17.9 Å². The fourth-order valence-electron chi connectivity index (χ4n) is 3.34. The standard InChI is InChI=1S/C16H26N2OS/c1-5-13-12(4)14(20)18-15(17-13)16(19-6-2)9-7-8-11(3)10-16/h11H,5-10H2,1-4H3,(H,17,18,20). The van der Waals surface area contributed by atoms with Crippen LogP contribution in [0.15, 0.2) is 0 Å². The largest absolute Gasteiger partial charge is 0.367 e. The normalized spacial score (nSPS) is 26.7. The Morgan fingerprint density at radius 1 is 1.45 bits per heavy atom. The second-order valence-corrected chi connectivity index (χ2v) is 6.36. The van der Waals surface area contributed by atoms with E-state index in [1.165, 1.54) is 18.5 Å². The zero-order valence-corrected chi connectivity index (χ0v) is 13.9. The molecule has 1 saturated carbocycles. The van der Waals surface area contributed by atoms with Gasteiger partial charge in [-0.3, -0.25) is 0 Å². The van der Waals surface area contributed by atoms with Crippen molar-refractivity contribution < 1.29 is 4.74 Å². The molecule has 0 spiro atoms. The summed E-state index contributed by atoms with van der Waals surface area (Å²) in [6, 6.07) is 0. The highest BCUT2D eigenvalue weighted by molar-refractivity contribution is 7.71. The van der Waals surface area contributed by atoms with Crippen LogP contribution in [0.1, 0.15) is 63.5 Å². The quantitative estimate of drug-likeness (QED) is 0.834. The Morgan fingerprint density at radius 3 is 2.80 bits per heavy atom. The minimum atomic E-state index is -0.266. The van der Waals surface area contributed by atoms with Gasteiger partial charge < -0.3 is 9.72 Å². The minimum absolute atomic E-state index is 0.266. The Morgan fingerprint density at radius 2 is 2.20 bits per heavy atom. The van der Waals surface area contributed by atoms with Crippen LogP contribution in [-0.2, 0) is 16.8 Å². The molecular formula is C16H26N2OS. The van der Waals surface area contributed by atoms with Crippen molar-refractivity contribution in [2.24, 2.45) is 5.92 Å². The van der Waals surface area contributed by atoms with Gasteiger partial charge in [0.1, 0.15) is 16.1 Å².